The molecule has 1 aromatic rings. The van der Waals surface area contributed by atoms with Crippen molar-refractivity contribution in [3.63, 3.8) is 0 Å². The molecule has 2 rings (SSSR count). The Hall–Kier alpha value is -2.15. The molecular weight excluding hydrogens is 248 g/mol. The van der Waals surface area contributed by atoms with Crippen LogP contribution in [0.15, 0.2) is 18.5 Å². The van der Waals surface area contributed by atoms with E-state index in [1.165, 1.54) is 24.4 Å². The van der Waals surface area contributed by atoms with Crippen LogP contribution in [0.3, 0.4) is 0 Å². The SMILES string of the molecule is COc1cnccc1C(=O)N1CCNCC1C(N)=O. The van der Waals surface area contributed by atoms with Gasteiger partial charge in [0.05, 0.1) is 18.9 Å². The van der Waals surface area contributed by atoms with Crippen LogP contribution in [0.25, 0.3) is 0 Å². The first-order valence-electron chi connectivity index (χ1n) is 5.94. The Bertz CT molecular complexity index is 492. The predicted molar refractivity (Wildman–Crippen MR) is 67.7 cm³/mol. The number of ether oxygens (including phenoxy) is 1. The molecule has 1 aromatic heterocycles. The van der Waals surface area contributed by atoms with Gasteiger partial charge in [0.15, 0.2) is 0 Å². The number of nitrogens with one attached hydrogen (secondary N) is 1. The lowest BCUT2D eigenvalue weighted by Crippen LogP contribution is -2.58. The second-order valence-electron chi connectivity index (χ2n) is 4.20. The number of carbonyl (C=O) groups excluding carboxylic acids is 2. The summed E-state index contributed by atoms with van der Waals surface area (Å²) in [7, 11) is 1.47. The number of methoxy groups -OCH3 is 1. The van der Waals surface area contributed by atoms with Crippen molar-refractivity contribution in [2.24, 2.45) is 5.73 Å². The average Bonchev–Trinajstić information content (AvgIpc) is 2.46. The first-order valence-corrected chi connectivity index (χ1v) is 5.94. The van der Waals surface area contributed by atoms with Crippen LogP contribution < -0.4 is 15.8 Å². The van der Waals surface area contributed by atoms with Crippen molar-refractivity contribution in [1.29, 1.82) is 0 Å². The number of piperazine rings is 1. The van der Waals surface area contributed by atoms with Crippen molar-refractivity contribution in [2.75, 3.05) is 26.7 Å². The summed E-state index contributed by atoms with van der Waals surface area (Å²) in [6.07, 6.45) is 2.98. The summed E-state index contributed by atoms with van der Waals surface area (Å²) in [4.78, 5) is 29.2. The molecule has 19 heavy (non-hydrogen) atoms. The van der Waals surface area contributed by atoms with Gasteiger partial charge in [-0.05, 0) is 6.07 Å². The van der Waals surface area contributed by atoms with Crippen LogP contribution in [0.1, 0.15) is 10.4 Å². The lowest BCUT2D eigenvalue weighted by atomic mass is 10.1. The van der Waals surface area contributed by atoms with E-state index in [4.69, 9.17) is 10.5 Å². The molecule has 2 heterocycles. The maximum absolute atomic E-state index is 12.5. The monoisotopic (exact) mass is 264 g/mol. The van der Waals surface area contributed by atoms with Crippen LogP contribution in [0.4, 0.5) is 0 Å². The van der Waals surface area contributed by atoms with Crippen molar-refractivity contribution in [2.45, 2.75) is 6.04 Å². The number of rotatable bonds is 3. The van der Waals surface area contributed by atoms with Gasteiger partial charge in [-0.3, -0.25) is 14.6 Å². The second-order valence-corrected chi connectivity index (χ2v) is 4.20. The fourth-order valence-electron chi connectivity index (χ4n) is 2.08. The van der Waals surface area contributed by atoms with E-state index < -0.39 is 11.9 Å². The molecule has 0 aromatic carbocycles. The zero-order valence-electron chi connectivity index (χ0n) is 10.6. The maximum Gasteiger partial charge on any atom is 0.258 e. The summed E-state index contributed by atoms with van der Waals surface area (Å²) in [5, 5.41) is 3.04. The van der Waals surface area contributed by atoms with Gasteiger partial charge >= 0.3 is 0 Å². The number of aromatic nitrogens is 1. The summed E-state index contributed by atoms with van der Waals surface area (Å²) in [5.41, 5.74) is 5.71. The number of nitrogens with zero attached hydrogens (tertiary/aromatic N) is 2. The van der Waals surface area contributed by atoms with Crippen molar-refractivity contribution >= 4 is 11.8 Å². The third-order valence-electron chi connectivity index (χ3n) is 3.07. The molecule has 0 aliphatic carbocycles. The Balaban J connectivity index is 2.29. The number of carbonyl (C=O) groups is 2. The third-order valence-corrected chi connectivity index (χ3v) is 3.07. The highest BCUT2D eigenvalue weighted by Crippen LogP contribution is 2.19. The normalized spacial score (nSPS) is 19.0. The van der Waals surface area contributed by atoms with E-state index in [-0.39, 0.29) is 5.91 Å². The van der Waals surface area contributed by atoms with Gasteiger partial charge in [-0.25, -0.2) is 0 Å². The molecule has 7 heteroatoms. The topological polar surface area (TPSA) is 97.6 Å². The number of hydrogen-bond donors (Lipinski definition) is 2. The second kappa shape index (κ2) is 5.66. The first-order chi connectivity index (χ1) is 9.15. The van der Waals surface area contributed by atoms with Crippen LogP contribution >= 0.6 is 0 Å². The van der Waals surface area contributed by atoms with Gasteiger partial charge in [0.25, 0.3) is 5.91 Å². The number of pyridine rings is 1. The molecule has 1 aliphatic rings. The van der Waals surface area contributed by atoms with Crippen LogP contribution in [0.5, 0.6) is 5.75 Å². The van der Waals surface area contributed by atoms with E-state index in [1.807, 2.05) is 0 Å². The van der Waals surface area contributed by atoms with Crippen molar-refractivity contribution in [1.82, 2.24) is 15.2 Å². The largest absolute Gasteiger partial charge is 0.494 e. The van der Waals surface area contributed by atoms with E-state index in [9.17, 15) is 9.59 Å². The van der Waals surface area contributed by atoms with Gasteiger partial charge in [0.1, 0.15) is 11.8 Å². The molecular formula is C12H16N4O3. The molecule has 0 spiro atoms. The van der Waals surface area contributed by atoms with E-state index in [0.717, 1.165) is 0 Å². The Kier molecular flexibility index (Phi) is 3.96. The number of amides is 2. The molecule has 7 nitrogen and oxygen atoms in total. The van der Waals surface area contributed by atoms with E-state index in [2.05, 4.69) is 10.3 Å². The molecule has 0 saturated carbocycles. The average molecular weight is 264 g/mol. The summed E-state index contributed by atoms with van der Waals surface area (Å²) in [6, 6.07) is 0.931. The minimum atomic E-state index is -0.640. The van der Waals surface area contributed by atoms with Crippen molar-refractivity contribution in [3.8, 4) is 5.75 Å². The first kappa shape index (κ1) is 13.3. The molecule has 1 fully saturated rings. The van der Waals surface area contributed by atoms with Crippen LogP contribution in [-0.2, 0) is 4.79 Å². The van der Waals surface area contributed by atoms with Crippen LogP contribution in [-0.4, -0.2) is 54.5 Å². The molecule has 1 saturated heterocycles. The minimum Gasteiger partial charge on any atom is -0.494 e. The summed E-state index contributed by atoms with van der Waals surface area (Å²) < 4.78 is 5.11. The highest BCUT2D eigenvalue weighted by atomic mass is 16.5. The summed E-state index contributed by atoms with van der Waals surface area (Å²) in [6.45, 7) is 1.43. The molecule has 1 unspecified atom stereocenters. The van der Waals surface area contributed by atoms with Crippen LogP contribution in [0.2, 0.25) is 0 Å². The minimum absolute atomic E-state index is 0.274. The fourth-order valence-corrected chi connectivity index (χ4v) is 2.08. The molecule has 1 atom stereocenters. The Morgan fingerprint density at radius 2 is 2.37 bits per heavy atom. The third kappa shape index (κ3) is 2.65. The smallest absolute Gasteiger partial charge is 0.258 e. The van der Waals surface area contributed by atoms with Gasteiger partial charge in [0, 0.05) is 25.8 Å². The molecule has 0 radical (unpaired) electrons. The summed E-state index contributed by atoms with van der Waals surface area (Å²) in [5.74, 6) is -0.410. The maximum atomic E-state index is 12.5. The molecule has 2 amide bonds. The lowest BCUT2D eigenvalue weighted by molar-refractivity contribution is -0.122. The fraction of sp³-hybridized carbons (Fsp3) is 0.417. The molecule has 102 valence electrons. The zero-order chi connectivity index (χ0) is 13.8. The zero-order valence-corrected chi connectivity index (χ0v) is 10.6. The number of nitrogens with two attached hydrogens (primary N) is 1. The van der Waals surface area contributed by atoms with Gasteiger partial charge in [-0.2, -0.15) is 0 Å². The quantitative estimate of drug-likeness (QED) is 0.729. The standard InChI is InChI=1S/C12H16N4O3/c1-19-10-7-14-3-2-8(10)12(18)16-5-4-15-6-9(16)11(13)17/h2-3,7,9,15H,4-6H2,1H3,(H2,13,17). The van der Waals surface area contributed by atoms with Gasteiger partial charge in [0.2, 0.25) is 5.91 Å². The number of primary amides is 1. The molecule has 1 aliphatic heterocycles. The Labute approximate surface area is 110 Å². The lowest BCUT2D eigenvalue weighted by Gasteiger charge is -2.34. The van der Waals surface area contributed by atoms with Gasteiger partial charge < -0.3 is 20.7 Å². The van der Waals surface area contributed by atoms with Gasteiger partial charge in [-0.1, -0.05) is 0 Å². The highest BCUT2D eigenvalue weighted by Gasteiger charge is 2.32. The molecule has 0 bridgehead atoms. The Morgan fingerprint density at radius 1 is 1.58 bits per heavy atom. The van der Waals surface area contributed by atoms with E-state index >= 15 is 0 Å². The van der Waals surface area contributed by atoms with Crippen molar-refractivity contribution < 1.29 is 14.3 Å². The van der Waals surface area contributed by atoms with Gasteiger partial charge in [-0.15, -0.1) is 0 Å². The summed E-state index contributed by atoms with van der Waals surface area (Å²) >= 11 is 0. The van der Waals surface area contributed by atoms with Crippen molar-refractivity contribution in [3.05, 3.63) is 24.0 Å². The Morgan fingerprint density at radius 3 is 3.05 bits per heavy atom. The number of hydrogen-bond acceptors (Lipinski definition) is 5. The highest BCUT2D eigenvalue weighted by molar-refractivity contribution is 5.99. The predicted octanol–water partition coefficient (Wildman–Crippen LogP) is -1.01. The molecule has 3 N–H and O–H groups in total. The van der Waals surface area contributed by atoms with Crippen LogP contribution in [0, 0.1) is 0 Å². The van der Waals surface area contributed by atoms with E-state index in [1.54, 1.807) is 6.07 Å². The van der Waals surface area contributed by atoms with E-state index in [0.29, 0.717) is 30.9 Å².